The largest absolute Gasteiger partial charge is 0.780 e. The van der Waals surface area contributed by atoms with E-state index in [-0.39, 0.29) is 35.9 Å². The van der Waals surface area contributed by atoms with Crippen molar-refractivity contribution in [2.24, 2.45) is 0 Å². The molecule has 0 aliphatic carbocycles. The molecular weight excluding hydrogens is 999 g/mol. The van der Waals surface area contributed by atoms with Crippen molar-refractivity contribution in [3.05, 3.63) is 113 Å². The van der Waals surface area contributed by atoms with Gasteiger partial charge >= 0.3 is 18.5 Å². The van der Waals surface area contributed by atoms with Gasteiger partial charge < -0.3 is 38.6 Å². The van der Waals surface area contributed by atoms with Crippen LogP contribution in [0.25, 0.3) is 11.2 Å². The Hall–Kier alpha value is -4.58. The maximum atomic E-state index is 16.5. The number of hydrogen-bond acceptors (Lipinski definition) is 19. The number of unbranched alkanes of at least 4 members (excludes halogenated alkanes) is 7. The molecule has 2 aromatic carbocycles. The third-order valence-electron chi connectivity index (χ3n) is 11.5. The van der Waals surface area contributed by atoms with Crippen LogP contribution in [0.5, 0.6) is 11.5 Å². The molecule has 70 heavy (non-hydrogen) atoms. The molecule has 3 aromatic heterocycles. The van der Waals surface area contributed by atoms with Crippen molar-refractivity contribution in [3.63, 3.8) is 0 Å². The van der Waals surface area contributed by atoms with Gasteiger partial charge in [-0.3, -0.25) is 28.0 Å². The van der Waals surface area contributed by atoms with Crippen LogP contribution >= 0.6 is 24.9 Å². The van der Waals surface area contributed by atoms with Crippen molar-refractivity contribution in [1.29, 1.82) is 0 Å². The Morgan fingerprint density at radius 1 is 0.871 bits per heavy atom. The van der Waals surface area contributed by atoms with E-state index in [1.165, 1.54) is 61.6 Å². The summed E-state index contributed by atoms with van der Waals surface area (Å²) in [4.78, 5) is 65.4. The normalized spacial score (nSPS) is 27.9. The molecule has 0 radical (unpaired) electrons. The van der Waals surface area contributed by atoms with Crippen LogP contribution in [-0.2, 0) is 49.7 Å². The van der Waals surface area contributed by atoms with Crippen LogP contribution in [0.15, 0.2) is 83.0 Å². The number of halogens is 2. The minimum atomic E-state index is -4.66. The van der Waals surface area contributed by atoms with Crippen molar-refractivity contribution in [3.8, 4) is 11.5 Å². The number of rotatable bonds is 17. The van der Waals surface area contributed by atoms with Gasteiger partial charge in [-0.15, -0.1) is 0 Å². The molecule has 26 heteroatoms. The first-order valence-corrected chi connectivity index (χ1v) is 28.0. The third-order valence-corrected chi connectivity index (χ3v) is 16.7. The Morgan fingerprint density at radius 3 is 2.19 bits per heavy atom. The number of aromatic nitrogens is 6. The molecule has 0 saturated carbocycles. The number of H-pyrrole nitrogens is 1. The molecule has 3 aliphatic rings. The lowest BCUT2D eigenvalue weighted by atomic mass is 10.1. The minimum absolute atomic E-state index is 0. The number of nitrogen functional groups attached to an aromatic ring is 1. The SMILES string of the molecule is CCCCCCCCCCOc1ccc(C(=O)Oc2ccc(CSP3(=O)OC[C@H]4O[C@@H](n5cnc6c(N)ncnc65)[C@H](F)[C@@H]4OP([O-])(=S)OC[C@H]4O[C@@H](n5ccc(=O)[nH]c5=O)[C@H](F)[C@@H]4O3)cc2)cc1.[CH3+]. The standard InChI is InChI=1S/C43H51F2N7O13P2S2.CH3/c1-2-3-4-5-6-7-8-9-20-58-28-16-12-27(13-17-28)42(54)61-29-14-10-26(11-15-29)23-69-67(57)60-22-31-36(33(44)41(63-31)52-25-49-35-38(46)47-24-48-39(35)52)64-66(56,68)59-21-30-37(65-67)34(45)40(62-30)51-19-18-32(53)50-43(51)55;/h10-19,24-25,30-31,33-34,36-37,40-41H,2-9,20-23H2,1H3,(H,56,68)(H2,46,47,48)(H,50,53,55);1H3/q;+1/p-1/t30-,31-,33-,34-,36-,37-,40-,41-,66?,67?;/m1./s1. The van der Waals surface area contributed by atoms with E-state index in [1.54, 1.807) is 36.4 Å². The van der Waals surface area contributed by atoms with Crippen molar-refractivity contribution in [2.45, 2.75) is 113 Å². The van der Waals surface area contributed by atoms with Crippen molar-refractivity contribution >= 4 is 59.7 Å². The molecule has 0 bridgehead atoms. The summed E-state index contributed by atoms with van der Waals surface area (Å²) in [6.45, 7) is -8.04. The first-order chi connectivity index (χ1) is 33.2. The van der Waals surface area contributed by atoms with Gasteiger partial charge in [-0.05, 0) is 59.8 Å². The quantitative estimate of drug-likeness (QED) is 0.0310. The number of esters is 1. The van der Waals surface area contributed by atoms with Crippen LogP contribution in [0.2, 0.25) is 0 Å². The fourth-order valence-electron chi connectivity index (χ4n) is 7.88. The zero-order chi connectivity index (χ0) is 48.7. The highest BCUT2D eigenvalue weighted by Gasteiger charge is 2.54. The Bertz CT molecular complexity index is 2780. The molecule has 0 amide bonds. The number of ether oxygens (including phenoxy) is 4. The lowest BCUT2D eigenvalue weighted by Gasteiger charge is -2.35. The Morgan fingerprint density at radius 2 is 1.50 bits per heavy atom. The fraction of sp³-hybridized carbons (Fsp3) is 0.477. The molecule has 378 valence electrons. The molecule has 6 heterocycles. The van der Waals surface area contributed by atoms with E-state index in [4.69, 9.17) is 54.6 Å². The lowest BCUT2D eigenvalue weighted by Crippen LogP contribution is -2.38. The fourth-order valence-corrected chi connectivity index (χ4v) is 12.7. The summed E-state index contributed by atoms with van der Waals surface area (Å²) < 4.78 is 96.1. The molecule has 0 spiro atoms. The molecule has 3 saturated heterocycles. The topological polar surface area (TPSA) is 256 Å². The van der Waals surface area contributed by atoms with E-state index in [0.29, 0.717) is 34.9 Å². The number of alkyl halides is 2. The average Bonchev–Trinajstić information content (AvgIpc) is 3.99. The number of carbonyl (C=O) groups excluding carboxylic acids is 1. The number of nitrogens with one attached hydrogen (secondary N) is 1. The first kappa shape index (κ1) is 53.2. The van der Waals surface area contributed by atoms with E-state index in [9.17, 15) is 23.8 Å². The van der Waals surface area contributed by atoms with E-state index in [2.05, 4.69) is 21.9 Å². The monoisotopic (exact) mass is 1050 g/mol. The predicted molar refractivity (Wildman–Crippen MR) is 256 cm³/mol. The van der Waals surface area contributed by atoms with Crippen LogP contribution in [0, 0.1) is 7.43 Å². The van der Waals surface area contributed by atoms with Crippen molar-refractivity contribution in [2.75, 3.05) is 25.6 Å². The molecule has 2 unspecified atom stereocenters. The highest BCUT2D eigenvalue weighted by molar-refractivity contribution is 8.54. The number of benzene rings is 2. The van der Waals surface area contributed by atoms with Gasteiger partial charge in [0.1, 0.15) is 54.5 Å². The van der Waals surface area contributed by atoms with Crippen molar-refractivity contribution in [1.82, 2.24) is 29.1 Å². The number of fused-ring (bicyclic) bond motifs is 3. The van der Waals surface area contributed by atoms with Gasteiger partial charge in [0.15, 0.2) is 36.3 Å². The Labute approximate surface area is 410 Å². The van der Waals surface area contributed by atoms with Gasteiger partial charge in [-0.2, -0.15) is 0 Å². The van der Waals surface area contributed by atoms with Gasteiger partial charge in [0.2, 0.25) is 0 Å². The van der Waals surface area contributed by atoms with Gasteiger partial charge in [0, 0.05) is 25.4 Å². The maximum absolute atomic E-state index is 16.5. The molecule has 3 N–H and O–H groups in total. The zero-order valence-electron chi connectivity index (χ0n) is 38.1. The van der Waals surface area contributed by atoms with Crippen LogP contribution in [-0.4, -0.2) is 91.6 Å². The minimum Gasteiger partial charge on any atom is -0.780 e. The summed E-state index contributed by atoms with van der Waals surface area (Å²) in [5, 5.41) is 0. The third kappa shape index (κ3) is 12.9. The van der Waals surface area contributed by atoms with Gasteiger partial charge in [-0.1, -0.05) is 75.8 Å². The smallest absolute Gasteiger partial charge is 0.389 e. The second-order valence-electron chi connectivity index (χ2n) is 16.4. The predicted octanol–water partition coefficient (Wildman–Crippen LogP) is 7.06. The molecular formula is C44H53F2N7O13P2S2. The summed E-state index contributed by atoms with van der Waals surface area (Å²) >= 11 is 5.76. The van der Waals surface area contributed by atoms with E-state index in [0.717, 1.165) is 36.0 Å². The Balaban J connectivity index is 0.00000722. The molecule has 5 aromatic rings. The molecule has 10 atom stereocenters. The van der Waals surface area contributed by atoms with Crippen LogP contribution in [0.3, 0.4) is 0 Å². The number of carbonyl (C=O) groups is 1. The lowest BCUT2D eigenvalue weighted by molar-refractivity contribution is -0.217. The summed E-state index contributed by atoms with van der Waals surface area (Å²) in [6.07, 6.45) is -1.50. The Kier molecular flexibility index (Phi) is 18.1. The first-order valence-electron chi connectivity index (χ1n) is 22.3. The van der Waals surface area contributed by atoms with E-state index in [1.807, 2.05) is 4.98 Å². The van der Waals surface area contributed by atoms with Gasteiger partial charge in [-0.25, -0.2) is 37.9 Å². The number of hydrogen-bond donors (Lipinski definition) is 2. The van der Waals surface area contributed by atoms with Gasteiger partial charge in [0.25, 0.3) is 5.56 Å². The highest BCUT2D eigenvalue weighted by atomic mass is 32.7. The second kappa shape index (κ2) is 23.8. The van der Waals surface area contributed by atoms with Crippen LogP contribution in [0.1, 0.15) is 86.7 Å². The summed E-state index contributed by atoms with van der Waals surface area (Å²) in [5.41, 5.74) is 5.21. The molecule has 8 rings (SSSR count). The maximum Gasteiger partial charge on any atom is 0.389 e. The zero-order valence-corrected chi connectivity index (χ0v) is 41.5. The second-order valence-corrected chi connectivity index (χ2v) is 23.1. The molecule has 20 nitrogen and oxygen atoms in total. The summed E-state index contributed by atoms with van der Waals surface area (Å²) in [7, 11) is 0. The number of imidazole rings is 1. The van der Waals surface area contributed by atoms with Crippen LogP contribution < -0.4 is 31.3 Å². The summed E-state index contributed by atoms with van der Waals surface area (Å²) in [5.74, 6) is 0.167. The van der Waals surface area contributed by atoms with Gasteiger partial charge in [0.05, 0.1) is 31.7 Å². The van der Waals surface area contributed by atoms with E-state index < -0.39 is 93.2 Å². The summed E-state index contributed by atoms with van der Waals surface area (Å²) in [6, 6.07) is 13.9. The molecule has 3 fully saturated rings. The van der Waals surface area contributed by atoms with Crippen LogP contribution in [0.4, 0.5) is 14.6 Å². The highest BCUT2D eigenvalue weighted by Crippen LogP contribution is 2.64. The molecule has 3 aliphatic heterocycles. The number of anilines is 1. The average molecular weight is 1050 g/mol. The number of aromatic amines is 1. The van der Waals surface area contributed by atoms with Crippen molar-refractivity contribution < 1.29 is 60.1 Å². The van der Waals surface area contributed by atoms with E-state index >= 15 is 8.78 Å². The number of nitrogens with two attached hydrogens (primary N) is 1. The number of nitrogens with zero attached hydrogens (tertiary/aromatic N) is 5.